The average Bonchev–Trinajstić information content (AvgIpc) is 2.29. The van der Waals surface area contributed by atoms with Gasteiger partial charge in [0.15, 0.2) is 0 Å². The van der Waals surface area contributed by atoms with Crippen LogP contribution in [0.1, 0.15) is 0 Å². The zero-order chi connectivity index (χ0) is 12.4. The first-order valence-corrected chi connectivity index (χ1v) is 6.69. The van der Waals surface area contributed by atoms with Gasteiger partial charge < -0.3 is 5.73 Å². The molecule has 2 aromatic carbocycles. The van der Waals surface area contributed by atoms with Gasteiger partial charge >= 0.3 is 0 Å². The van der Waals surface area contributed by atoms with Crippen LogP contribution in [0.25, 0.3) is 0 Å². The Labute approximate surface area is 119 Å². The van der Waals surface area contributed by atoms with E-state index in [2.05, 4.69) is 0 Å². The van der Waals surface area contributed by atoms with Crippen LogP contribution in [0.2, 0.25) is 15.1 Å². The van der Waals surface area contributed by atoms with Gasteiger partial charge in [-0.3, -0.25) is 0 Å². The molecule has 0 bridgehead atoms. The molecule has 0 aliphatic heterocycles. The van der Waals surface area contributed by atoms with E-state index in [0.717, 1.165) is 9.79 Å². The fraction of sp³-hybridized carbons (Fsp3) is 0. The van der Waals surface area contributed by atoms with Gasteiger partial charge in [-0.15, -0.1) is 0 Å². The maximum Gasteiger partial charge on any atom is 0.0603 e. The summed E-state index contributed by atoms with van der Waals surface area (Å²) in [4.78, 5) is 1.87. The number of hydrogen-bond donors (Lipinski definition) is 1. The van der Waals surface area contributed by atoms with E-state index < -0.39 is 0 Å². The number of benzene rings is 2. The van der Waals surface area contributed by atoms with Gasteiger partial charge in [-0.1, -0.05) is 46.6 Å². The Bertz CT molecular complexity index is 557. The Morgan fingerprint density at radius 1 is 0.882 bits per heavy atom. The molecule has 0 aromatic heterocycles. The van der Waals surface area contributed by atoms with Gasteiger partial charge in [0.25, 0.3) is 0 Å². The van der Waals surface area contributed by atoms with Crippen molar-refractivity contribution in [1.82, 2.24) is 0 Å². The van der Waals surface area contributed by atoms with E-state index in [9.17, 15) is 0 Å². The first-order chi connectivity index (χ1) is 8.06. The van der Waals surface area contributed by atoms with E-state index in [1.807, 2.05) is 12.1 Å². The predicted molar refractivity (Wildman–Crippen MR) is 76.4 cm³/mol. The summed E-state index contributed by atoms with van der Waals surface area (Å²) in [5.74, 6) is 0. The largest absolute Gasteiger partial charge is 0.398 e. The summed E-state index contributed by atoms with van der Waals surface area (Å²) < 4.78 is 0. The Morgan fingerprint density at radius 3 is 2.35 bits per heavy atom. The summed E-state index contributed by atoms with van der Waals surface area (Å²) in [5.41, 5.74) is 6.55. The van der Waals surface area contributed by atoms with Crippen molar-refractivity contribution in [3.63, 3.8) is 0 Å². The molecule has 0 amide bonds. The second kappa shape index (κ2) is 5.40. The number of rotatable bonds is 2. The molecular formula is C12H8Cl3NS. The minimum absolute atomic E-state index is 0.525. The zero-order valence-corrected chi connectivity index (χ0v) is 11.7. The second-order valence-electron chi connectivity index (χ2n) is 3.36. The van der Waals surface area contributed by atoms with Crippen LogP contribution in [-0.4, -0.2) is 0 Å². The SMILES string of the molecule is Nc1ccc(Cl)cc1Sc1ccc(Cl)c(Cl)c1. The van der Waals surface area contributed by atoms with Crippen molar-refractivity contribution in [3.8, 4) is 0 Å². The molecule has 1 nitrogen and oxygen atoms in total. The lowest BCUT2D eigenvalue weighted by Crippen LogP contribution is -1.87. The molecule has 0 saturated carbocycles. The molecule has 0 aliphatic rings. The van der Waals surface area contributed by atoms with Crippen molar-refractivity contribution >= 4 is 52.3 Å². The molecule has 2 N–H and O–H groups in total. The topological polar surface area (TPSA) is 26.0 Å². The number of nitrogen functional groups attached to an aromatic ring is 1. The summed E-state index contributed by atoms with van der Waals surface area (Å²) in [7, 11) is 0. The van der Waals surface area contributed by atoms with Gasteiger partial charge in [-0.25, -0.2) is 0 Å². The molecule has 2 aromatic rings. The van der Waals surface area contributed by atoms with Crippen LogP contribution >= 0.6 is 46.6 Å². The smallest absolute Gasteiger partial charge is 0.0603 e. The third-order valence-electron chi connectivity index (χ3n) is 2.09. The predicted octanol–water partition coefficient (Wildman–Crippen LogP) is 5.38. The van der Waals surface area contributed by atoms with Crippen molar-refractivity contribution in [3.05, 3.63) is 51.5 Å². The van der Waals surface area contributed by atoms with Crippen LogP contribution in [0.4, 0.5) is 5.69 Å². The van der Waals surface area contributed by atoms with Gasteiger partial charge in [0.2, 0.25) is 0 Å². The molecule has 0 atom stereocenters. The number of halogens is 3. The highest BCUT2D eigenvalue weighted by molar-refractivity contribution is 7.99. The Kier molecular flexibility index (Phi) is 4.10. The highest BCUT2D eigenvalue weighted by atomic mass is 35.5. The minimum Gasteiger partial charge on any atom is -0.398 e. The Morgan fingerprint density at radius 2 is 1.65 bits per heavy atom. The maximum atomic E-state index is 5.95. The fourth-order valence-electron chi connectivity index (χ4n) is 1.26. The zero-order valence-electron chi connectivity index (χ0n) is 8.58. The van der Waals surface area contributed by atoms with Gasteiger partial charge in [0.05, 0.1) is 10.0 Å². The molecule has 0 aliphatic carbocycles. The summed E-state index contributed by atoms with van der Waals surface area (Å²) >= 11 is 19.2. The molecule has 0 spiro atoms. The third kappa shape index (κ3) is 3.23. The number of anilines is 1. The van der Waals surface area contributed by atoms with Crippen LogP contribution in [0, 0.1) is 0 Å². The lowest BCUT2D eigenvalue weighted by Gasteiger charge is -2.06. The fourth-order valence-corrected chi connectivity index (χ4v) is 2.80. The summed E-state index contributed by atoms with van der Waals surface area (Å²) in [6.45, 7) is 0. The summed E-state index contributed by atoms with van der Waals surface area (Å²) in [6.07, 6.45) is 0. The minimum atomic E-state index is 0.525. The Hall–Kier alpha value is -0.540. The molecule has 0 saturated heterocycles. The van der Waals surface area contributed by atoms with Crippen molar-refractivity contribution < 1.29 is 0 Å². The van der Waals surface area contributed by atoms with Gasteiger partial charge in [0.1, 0.15) is 0 Å². The van der Waals surface area contributed by atoms with Crippen molar-refractivity contribution in [2.75, 3.05) is 5.73 Å². The molecule has 0 radical (unpaired) electrons. The molecule has 2 rings (SSSR count). The summed E-state index contributed by atoms with van der Waals surface area (Å²) in [5, 5.41) is 1.72. The lowest BCUT2D eigenvalue weighted by atomic mass is 10.3. The highest BCUT2D eigenvalue weighted by Crippen LogP contribution is 2.36. The normalized spacial score (nSPS) is 10.5. The number of hydrogen-bond acceptors (Lipinski definition) is 2. The standard InChI is InChI=1S/C12H8Cl3NS/c13-7-1-4-11(16)12(5-7)17-8-2-3-9(14)10(15)6-8/h1-6H,16H2. The van der Waals surface area contributed by atoms with Crippen molar-refractivity contribution in [1.29, 1.82) is 0 Å². The van der Waals surface area contributed by atoms with E-state index in [-0.39, 0.29) is 0 Å². The van der Waals surface area contributed by atoms with Crippen LogP contribution in [0.15, 0.2) is 46.2 Å². The second-order valence-corrected chi connectivity index (χ2v) is 5.73. The average molecular weight is 305 g/mol. The van der Waals surface area contributed by atoms with E-state index in [4.69, 9.17) is 40.5 Å². The molecule has 0 heterocycles. The van der Waals surface area contributed by atoms with E-state index in [1.54, 1.807) is 24.3 Å². The van der Waals surface area contributed by atoms with Crippen LogP contribution in [0.3, 0.4) is 0 Å². The molecule has 17 heavy (non-hydrogen) atoms. The van der Waals surface area contributed by atoms with Gasteiger partial charge in [0, 0.05) is 20.5 Å². The van der Waals surface area contributed by atoms with Crippen molar-refractivity contribution in [2.45, 2.75) is 9.79 Å². The van der Waals surface area contributed by atoms with Gasteiger partial charge in [-0.05, 0) is 36.4 Å². The lowest BCUT2D eigenvalue weighted by molar-refractivity contribution is 1.41. The molecule has 88 valence electrons. The molecule has 0 unspecified atom stereocenters. The van der Waals surface area contributed by atoms with Gasteiger partial charge in [-0.2, -0.15) is 0 Å². The molecule has 5 heteroatoms. The van der Waals surface area contributed by atoms with Crippen LogP contribution < -0.4 is 5.73 Å². The van der Waals surface area contributed by atoms with E-state index in [0.29, 0.717) is 20.8 Å². The maximum absolute atomic E-state index is 5.95. The quantitative estimate of drug-likeness (QED) is 0.754. The first-order valence-electron chi connectivity index (χ1n) is 4.74. The Balaban J connectivity index is 2.31. The molecule has 0 fully saturated rings. The first kappa shape index (κ1) is 12.9. The number of nitrogens with two attached hydrogens (primary N) is 1. The van der Waals surface area contributed by atoms with E-state index >= 15 is 0 Å². The summed E-state index contributed by atoms with van der Waals surface area (Å²) in [6, 6.07) is 10.8. The van der Waals surface area contributed by atoms with E-state index in [1.165, 1.54) is 11.8 Å². The van der Waals surface area contributed by atoms with Crippen molar-refractivity contribution in [2.24, 2.45) is 0 Å². The van der Waals surface area contributed by atoms with Crippen LogP contribution in [-0.2, 0) is 0 Å². The highest BCUT2D eigenvalue weighted by Gasteiger charge is 2.05. The monoisotopic (exact) mass is 303 g/mol. The molecular weight excluding hydrogens is 297 g/mol. The third-order valence-corrected chi connectivity index (χ3v) is 4.13. The van der Waals surface area contributed by atoms with Crippen LogP contribution in [0.5, 0.6) is 0 Å².